The van der Waals surface area contributed by atoms with Crippen LogP contribution in [-0.4, -0.2) is 60.7 Å². The molecule has 160 valence electrons. The zero-order valence-corrected chi connectivity index (χ0v) is 17.8. The smallest absolute Gasteiger partial charge is 0.318 e. The summed E-state index contributed by atoms with van der Waals surface area (Å²) >= 11 is 0. The average Bonchev–Trinajstić information content (AvgIpc) is 2.84. The van der Waals surface area contributed by atoms with E-state index in [0.29, 0.717) is 12.6 Å². The van der Waals surface area contributed by atoms with Crippen LogP contribution in [0.25, 0.3) is 16.8 Å². The lowest BCUT2D eigenvalue weighted by atomic mass is 10.1. The number of unbranched alkanes of at least 4 members (excludes halogenated alkanes) is 1. The molecule has 31 heavy (non-hydrogen) atoms. The van der Waals surface area contributed by atoms with E-state index in [9.17, 15) is 0 Å². The van der Waals surface area contributed by atoms with E-state index >= 15 is 0 Å². The molecular formula is C25H29N5O. The molecule has 1 N–H and O–H groups in total. The Morgan fingerprint density at radius 2 is 1.84 bits per heavy atom. The van der Waals surface area contributed by atoms with Crippen molar-refractivity contribution in [2.24, 2.45) is 0 Å². The van der Waals surface area contributed by atoms with Gasteiger partial charge in [-0.3, -0.25) is 4.90 Å². The average molecular weight is 416 g/mol. The van der Waals surface area contributed by atoms with Crippen LogP contribution in [0.5, 0.6) is 6.01 Å². The molecule has 0 radical (unpaired) electrons. The minimum absolute atomic E-state index is 0.463. The molecule has 0 atom stereocenters. The zero-order chi connectivity index (χ0) is 20.9. The Morgan fingerprint density at radius 3 is 2.77 bits per heavy atom. The fourth-order valence-corrected chi connectivity index (χ4v) is 4.35. The second-order valence-electron chi connectivity index (χ2n) is 8.12. The molecule has 2 aliphatic heterocycles. The van der Waals surface area contributed by atoms with Crippen LogP contribution in [0.4, 0.5) is 11.5 Å². The first-order chi connectivity index (χ1) is 15.4. The predicted molar refractivity (Wildman–Crippen MR) is 127 cm³/mol. The quantitative estimate of drug-likeness (QED) is 0.588. The van der Waals surface area contributed by atoms with Gasteiger partial charge in [-0.2, -0.15) is 4.98 Å². The third kappa shape index (κ3) is 4.64. The van der Waals surface area contributed by atoms with Gasteiger partial charge in [-0.25, -0.2) is 4.98 Å². The lowest BCUT2D eigenvalue weighted by Gasteiger charge is -2.36. The number of anilines is 2. The molecule has 3 heterocycles. The number of rotatable bonds is 7. The van der Waals surface area contributed by atoms with Crippen molar-refractivity contribution in [1.82, 2.24) is 14.9 Å². The Hall–Kier alpha value is -3.12. The Kier molecular flexibility index (Phi) is 5.98. The number of hydrogen-bond donors (Lipinski definition) is 1. The summed E-state index contributed by atoms with van der Waals surface area (Å²) in [6, 6.07) is 15.8. The van der Waals surface area contributed by atoms with Crippen molar-refractivity contribution >= 4 is 28.4 Å². The third-order valence-electron chi connectivity index (χ3n) is 6.06. The number of fused-ring (bicyclic) bond motifs is 2. The summed E-state index contributed by atoms with van der Waals surface area (Å²) in [6.45, 7) is 6.95. The highest BCUT2D eigenvalue weighted by Gasteiger charge is 2.18. The van der Waals surface area contributed by atoms with Crippen molar-refractivity contribution in [2.75, 3.05) is 56.1 Å². The first-order valence-corrected chi connectivity index (χ1v) is 11.2. The van der Waals surface area contributed by atoms with Crippen molar-refractivity contribution in [3.05, 3.63) is 60.3 Å². The van der Waals surface area contributed by atoms with Gasteiger partial charge in [0.25, 0.3) is 0 Å². The summed E-state index contributed by atoms with van der Waals surface area (Å²) in [6.07, 6.45) is 8.05. The summed E-state index contributed by atoms with van der Waals surface area (Å²) in [7, 11) is 0. The summed E-state index contributed by atoms with van der Waals surface area (Å²) < 4.78 is 5.76. The first-order valence-electron chi connectivity index (χ1n) is 11.2. The lowest BCUT2D eigenvalue weighted by molar-refractivity contribution is 0.234. The van der Waals surface area contributed by atoms with Gasteiger partial charge in [0.05, 0.1) is 6.61 Å². The van der Waals surface area contributed by atoms with Crippen LogP contribution in [0.3, 0.4) is 0 Å². The van der Waals surface area contributed by atoms with Crippen LogP contribution in [0.1, 0.15) is 18.4 Å². The molecule has 1 aromatic heterocycles. The van der Waals surface area contributed by atoms with Crippen LogP contribution in [0.2, 0.25) is 0 Å². The van der Waals surface area contributed by atoms with Crippen molar-refractivity contribution in [3.8, 4) is 6.01 Å². The topological polar surface area (TPSA) is 53.5 Å². The largest absolute Gasteiger partial charge is 0.463 e. The Labute approximate surface area is 183 Å². The Balaban J connectivity index is 1.05. The van der Waals surface area contributed by atoms with Crippen LogP contribution in [-0.2, 0) is 0 Å². The lowest BCUT2D eigenvalue weighted by Crippen LogP contribution is -2.46. The highest BCUT2D eigenvalue weighted by atomic mass is 16.5. The molecule has 0 bridgehead atoms. The molecule has 6 heteroatoms. The number of hydrogen-bond acceptors (Lipinski definition) is 6. The van der Waals surface area contributed by atoms with Crippen LogP contribution < -0.4 is 15.0 Å². The number of nitrogens with one attached hydrogen (secondary N) is 1. The van der Waals surface area contributed by atoms with E-state index in [4.69, 9.17) is 4.74 Å². The van der Waals surface area contributed by atoms with Crippen molar-refractivity contribution in [1.29, 1.82) is 0 Å². The predicted octanol–water partition coefficient (Wildman–Crippen LogP) is 4.05. The van der Waals surface area contributed by atoms with Gasteiger partial charge in [0.2, 0.25) is 0 Å². The molecule has 0 aliphatic carbocycles. The van der Waals surface area contributed by atoms with Gasteiger partial charge in [0.1, 0.15) is 5.82 Å². The summed E-state index contributed by atoms with van der Waals surface area (Å²) in [5.41, 5.74) is 2.38. The molecule has 6 nitrogen and oxygen atoms in total. The van der Waals surface area contributed by atoms with Gasteiger partial charge in [-0.1, -0.05) is 48.6 Å². The maximum Gasteiger partial charge on any atom is 0.318 e. The molecule has 1 fully saturated rings. The monoisotopic (exact) mass is 415 g/mol. The first kappa shape index (κ1) is 19.8. The molecule has 5 rings (SSSR count). The highest BCUT2D eigenvalue weighted by Crippen LogP contribution is 2.27. The van der Waals surface area contributed by atoms with E-state index in [2.05, 4.69) is 73.6 Å². The minimum atomic E-state index is 0.463. The van der Waals surface area contributed by atoms with Crippen molar-refractivity contribution in [3.63, 3.8) is 0 Å². The highest BCUT2D eigenvalue weighted by molar-refractivity contribution is 5.94. The fraction of sp³-hybridized carbons (Fsp3) is 0.360. The number of piperazine rings is 1. The van der Waals surface area contributed by atoms with E-state index in [-0.39, 0.29) is 0 Å². The van der Waals surface area contributed by atoms with Gasteiger partial charge >= 0.3 is 6.01 Å². The second kappa shape index (κ2) is 9.35. The summed E-state index contributed by atoms with van der Waals surface area (Å²) in [5.74, 6) is 0.858. The molecule has 2 aromatic carbocycles. The van der Waals surface area contributed by atoms with E-state index < -0.39 is 0 Å². The van der Waals surface area contributed by atoms with Gasteiger partial charge in [0, 0.05) is 55.6 Å². The molecule has 0 unspecified atom stereocenters. The zero-order valence-electron chi connectivity index (χ0n) is 17.8. The fourth-order valence-electron chi connectivity index (χ4n) is 4.35. The standard InChI is InChI=1S/C25H29N5O/c1-2-10-22-20(7-1)8-5-11-23(22)30-16-14-29(15-17-30)13-3-4-18-31-25-27-19-21-9-6-12-26-24(21)28-25/h1-2,5-11,19H,3-4,12-18H2,(H,26,27,28). The van der Waals surface area contributed by atoms with Gasteiger partial charge in [0.15, 0.2) is 0 Å². The number of benzene rings is 2. The number of ether oxygens (including phenoxy) is 1. The van der Waals surface area contributed by atoms with Gasteiger partial charge < -0.3 is 15.0 Å². The van der Waals surface area contributed by atoms with Crippen LogP contribution in [0, 0.1) is 0 Å². The molecular weight excluding hydrogens is 386 g/mol. The molecule has 2 aliphatic rings. The maximum atomic E-state index is 5.76. The van der Waals surface area contributed by atoms with E-state index in [1.807, 2.05) is 12.3 Å². The second-order valence-corrected chi connectivity index (χ2v) is 8.12. The SMILES string of the molecule is C1=Cc2cnc(OCCCCN3CCN(c4cccc5ccccc45)CC3)nc2NC1. The summed E-state index contributed by atoms with van der Waals surface area (Å²) in [5, 5.41) is 5.91. The van der Waals surface area contributed by atoms with Crippen molar-refractivity contribution < 1.29 is 4.74 Å². The molecule has 0 spiro atoms. The number of aromatic nitrogens is 2. The van der Waals surface area contributed by atoms with E-state index in [1.165, 1.54) is 16.5 Å². The van der Waals surface area contributed by atoms with Gasteiger partial charge in [-0.05, 0) is 30.8 Å². The Morgan fingerprint density at radius 1 is 0.968 bits per heavy atom. The number of nitrogens with zero attached hydrogens (tertiary/aromatic N) is 4. The van der Waals surface area contributed by atoms with Crippen LogP contribution in [0.15, 0.2) is 54.7 Å². The normalized spacial score (nSPS) is 16.2. The van der Waals surface area contributed by atoms with Crippen LogP contribution >= 0.6 is 0 Å². The minimum Gasteiger partial charge on any atom is -0.463 e. The van der Waals surface area contributed by atoms with Crippen molar-refractivity contribution in [2.45, 2.75) is 12.8 Å². The third-order valence-corrected chi connectivity index (χ3v) is 6.06. The molecule has 3 aromatic rings. The summed E-state index contributed by atoms with van der Waals surface area (Å²) in [4.78, 5) is 13.8. The van der Waals surface area contributed by atoms with Gasteiger partial charge in [-0.15, -0.1) is 0 Å². The Bertz CT molecular complexity index is 1050. The van der Waals surface area contributed by atoms with E-state index in [0.717, 1.165) is 63.5 Å². The molecule has 1 saturated heterocycles. The molecule has 0 amide bonds. The van der Waals surface area contributed by atoms with E-state index in [1.54, 1.807) is 0 Å². The maximum absolute atomic E-state index is 5.76. The molecule has 0 saturated carbocycles.